The predicted octanol–water partition coefficient (Wildman–Crippen LogP) is 4.95. The van der Waals surface area contributed by atoms with Crippen LogP contribution in [0.1, 0.15) is 46.6 Å². The number of thiophene rings is 1. The summed E-state index contributed by atoms with van der Waals surface area (Å²) in [7, 11) is 1.63. The highest BCUT2D eigenvalue weighted by Crippen LogP contribution is 2.46. The number of aromatic carboxylic acids is 1. The Morgan fingerprint density at radius 1 is 1.35 bits per heavy atom. The highest BCUT2D eigenvalue weighted by molar-refractivity contribution is 7.16. The number of methoxy groups -OCH3 is 1. The lowest BCUT2D eigenvalue weighted by Gasteiger charge is -2.29. The van der Waals surface area contributed by atoms with Gasteiger partial charge in [0.05, 0.1) is 12.7 Å². The van der Waals surface area contributed by atoms with Crippen LogP contribution in [0.25, 0.3) is 10.4 Å². The van der Waals surface area contributed by atoms with Crippen molar-refractivity contribution in [2.75, 3.05) is 7.11 Å². The van der Waals surface area contributed by atoms with Gasteiger partial charge in [-0.1, -0.05) is 19.9 Å². The maximum Gasteiger partial charge on any atom is 0.337 e. The van der Waals surface area contributed by atoms with Crippen molar-refractivity contribution in [2.45, 2.75) is 40.0 Å². The fraction of sp³-hybridized carbons (Fsp3) is 0.421. The topological polar surface area (TPSA) is 46.5 Å². The average Bonchev–Trinajstić information content (AvgIpc) is 2.84. The van der Waals surface area contributed by atoms with Crippen LogP contribution < -0.4 is 4.74 Å². The van der Waals surface area contributed by atoms with Crippen LogP contribution in [0.2, 0.25) is 0 Å². The molecule has 0 bridgehead atoms. The zero-order valence-corrected chi connectivity index (χ0v) is 14.8. The number of carbonyl (C=O) groups is 1. The van der Waals surface area contributed by atoms with E-state index in [0.717, 1.165) is 46.6 Å². The maximum absolute atomic E-state index is 12.0. The van der Waals surface area contributed by atoms with Gasteiger partial charge in [-0.3, -0.25) is 0 Å². The summed E-state index contributed by atoms with van der Waals surface area (Å²) in [5.74, 6) is -0.0638. The van der Waals surface area contributed by atoms with E-state index in [9.17, 15) is 9.90 Å². The fourth-order valence-electron chi connectivity index (χ4n) is 3.31. The van der Waals surface area contributed by atoms with Crippen LogP contribution in [0.5, 0.6) is 5.75 Å². The molecule has 3 rings (SSSR count). The molecule has 2 aromatic rings. The van der Waals surface area contributed by atoms with E-state index in [-0.39, 0.29) is 5.41 Å². The number of hydrogen-bond donors (Lipinski definition) is 1. The van der Waals surface area contributed by atoms with Crippen molar-refractivity contribution in [1.82, 2.24) is 0 Å². The minimum Gasteiger partial charge on any atom is -0.497 e. The summed E-state index contributed by atoms with van der Waals surface area (Å²) >= 11 is 1.64. The highest BCUT2D eigenvalue weighted by Gasteiger charge is 2.33. The molecule has 0 spiro atoms. The number of aryl methyl sites for hydroxylation is 2. The molecule has 3 nitrogen and oxygen atoms in total. The minimum absolute atomic E-state index is 0.166. The first-order chi connectivity index (χ1) is 10.8. The first-order valence-electron chi connectivity index (χ1n) is 7.85. The fourth-order valence-corrected chi connectivity index (χ4v) is 4.70. The second-order valence-electron chi connectivity index (χ2n) is 7.03. The molecule has 0 amide bonds. The zero-order valence-electron chi connectivity index (χ0n) is 14.0. The molecule has 1 aliphatic rings. The number of carboxylic acid groups (broad SMARTS) is 1. The highest BCUT2D eigenvalue weighted by atomic mass is 32.1. The molecule has 1 aliphatic carbocycles. The number of fused-ring (bicyclic) bond motifs is 1. The summed E-state index contributed by atoms with van der Waals surface area (Å²) in [4.78, 5) is 14.1. The second kappa shape index (κ2) is 5.68. The molecule has 0 fully saturated rings. The van der Waals surface area contributed by atoms with Gasteiger partial charge in [0, 0.05) is 9.75 Å². The van der Waals surface area contributed by atoms with Crippen molar-refractivity contribution >= 4 is 17.3 Å². The summed E-state index contributed by atoms with van der Waals surface area (Å²) in [6.07, 6.45) is 2.91. The van der Waals surface area contributed by atoms with Gasteiger partial charge in [-0.2, -0.15) is 0 Å². The van der Waals surface area contributed by atoms with Crippen LogP contribution >= 0.6 is 11.3 Å². The lowest BCUT2D eigenvalue weighted by molar-refractivity contribution is 0.0696. The van der Waals surface area contributed by atoms with Crippen molar-refractivity contribution in [1.29, 1.82) is 0 Å². The Bertz CT molecular complexity index is 771. The molecule has 0 saturated heterocycles. The molecule has 1 aromatic carbocycles. The van der Waals surface area contributed by atoms with Crippen LogP contribution in [-0.4, -0.2) is 18.2 Å². The Morgan fingerprint density at radius 2 is 2.09 bits per heavy atom. The molecular formula is C19H22O3S. The molecule has 23 heavy (non-hydrogen) atoms. The van der Waals surface area contributed by atoms with Gasteiger partial charge in [-0.25, -0.2) is 4.79 Å². The maximum atomic E-state index is 12.0. The number of carboxylic acids is 1. The van der Waals surface area contributed by atoms with E-state index >= 15 is 0 Å². The molecule has 1 aromatic heterocycles. The Kier molecular flexibility index (Phi) is 3.96. The Labute approximate surface area is 140 Å². The van der Waals surface area contributed by atoms with Crippen LogP contribution in [-0.2, 0) is 12.8 Å². The minimum atomic E-state index is -0.822. The van der Waals surface area contributed by atoms with E-state index in [1.165, 1.54) is 4.88 Å². The quantitative estimate of drug-likeness (QED) is 0.866. The largest absolute Gasteiger partial charge is 0.497 e. The van der Waals surface area contributed by atoms with Crippen LogP contribution in [0.3, 0.4) is 0 Å². The lowest BCUT2D eigenvalue weighted by atomic mass is 9.76. The summed E-state index contributed by atoms with van der Waals surface area (Å²) in [6.45, 7) is 6.45. The number of hydrogen-bond acceptors (Lipinski definition) is 3. The summed E-state index contributed by atoms with van der Waals surface area (Å²) < 4.78 is 5.32. The number of rotatable bonds is 3. The van der Waals surface area contributed by atoms with Gasteiger partial charge < -0.3 is 9.84 Å². The average molecular weight is 330 g/mol. The normalized spacial score (nSPS) is 16.0. The van der Waals surface area contributed by atoms with Crippen molar-refractivity contribution in [3.63, 3.8) is 0 Å². The van der Waals surface area contributed by atoms with Gasteiger partial charge in [0.25, 0.3) is 0 Å². The third-order valence-electron chi connectivity index (χ3n) is 4.68. The first kappa shape index (κ1) is 16.1. The Morgan fingerprint density at radius 3 is 2.74 bits per heavy atom. The smallest absolute Gasteiger partial charge is 0.337 e. The van der Waals surface area contributed by atoms with E-state index in [1.54, 1.807) is 18.4 Å². The van der Waals surface area contributed by atoms with Crippen molar-refractivity contribution in [3.8, 4) is 16.2 Å². The van der Waals surface area contributed by atoms with Gasteiger partial charge in [0.1, 0.15) is 5.75 Å². The number of ether oxygens (including phenoxy) is 1. The summed E-state index contributed by atoms with van der Waals surface area (Å²) in [5.41, 5.74) is 3.74. The van der Waals surface area contributed by atoms with Gasteiger partial charge in [-0.05, 0) is 60.4 Å². The summed E-state index contributed by atoms with van der Waals surface area (Å²) in [6, 6.07) is 5.85. The molecule has 0 radical (unpaired) electrons. The zero-order chi connectivity index (χ0) is 16.8. The molecule has 0 saturated carbocycles. The monoisotopic (exact) mass is 330 g/mol. The van der Waals surface area contributed by atoms with E-state index in [4.69, 9.17) is 4.74 Å². The summed E-state index contributed by atoms with van der Waals surface area (Å²) in [5, 5.41) is 9.83. The molecule has 0 aliphatic heterocycles. The molecule has 1 N–H and O–H groups in total. The van der Waals surface area contributed by atoms with Gasteiger partial charge in [-0.15, -0.1) is 11.3 Å². The number of benzene rings is 1. The van der Waals surface area contributed by atoms with Crippen molar-refractivity contribution in [3.05, 3.63) is 39.8 Å². The molecule has 4 heteroatoms. The van der Waals surface area contributed by atoms with E-state index in [1.807, 2.05) is 25.1 Å². The molecular weight excluding hydrogens is 308 g/mol. The van der Waals surface area contributed by atoms with E-state index in [0.29, 0.717) is 5.56 Å². The van der Waals surface area contributed by atoms with Crippen LogP contribution in [0.15, 0.2) is 18.2 Å². The van der Waals surface area contributed by atoms with Crippen molar-refractivity contribution in [2.24, 2.45) is 5.41 Å². The molecule has 122 valence electrons. The molecule has 0 unspecified atom stereocenters. The first-order valence-corrected chi connectivity index (χ1v) is 8.67. The Hall–Kier alpha value is -1.81. The third kappa shape index (κ3) is 2.88. The van der Waals surface area contributed by atoms with E-state index in [2.05, 4.69) is 13.8 Å². The molecule has 0 atom stereocenters. The van der Waals surface area contributed by atoms with Crippen LogP contribution in [0.4, 0.5) is 0 Å². The molecule has 1 heterocycles. The van der Waals surface area contributed by atoms with Gasteiger partial charge in [0.2, 0.25) is 0 Å². The second-order valence-corrected chi connectivity index (χ2v) is 8.14. The third-order valence-corrected chi connectivity index (χ3v) is 6.00. The van der Waals surface area contributed by atoms with E-state index < -0.39 is 5.97 Å². The standard InChI is InChI=1S/C19H22O3S/c1-11-5-6-12(22-4)9-13(11)17-16(18(20)21)14-10-19(2,3)8-7-15(14)23-17/h5-6,9H,7-8,10H2,1-4H3,(H,20,21). The Balaban J connectivity index is 2.22. The van der Waals surface area contributed by atoms with Crippen molar-refractivity contribution < 1.29 is 14.6 Å². The lowest BCUT2D eigenvalue weighted by Crippen LogP contribution is -2.22. The van der Waals surface area contributed by atoms with Gasteiger partial charge >= 0.3 is 5.97 Å². The predicted molar refractivity (Wildman–Crippen MR) is 93.8 cm³/mol. The SMILES string of the molecule is COc1ccc(C)c(-c2sc3c(c2C(=O)O)CC(C)(C)CC3)c1. The van der Waals surface area contributed by atoms with Gasteiger partial charge in [0.15, 0.2) is 0 Å². The van der Waals surface area contributed by atoms with Crippen LogP contribution in [0, 0.1) is 12.3 Å².